The topological polar surface area (TPSA) is 29.1 Å². The summed E-state index contributed by atoms with van der Waals surface area (Å²) < 4.78 is 0. The zero-order chi connectivity index (χ0) is 10.1. The predicted molar refractivity (Wildman–Crippen MR) is 59.0 cm³/mol. The van der Waals surface area contributed by atoms with Crippen LogP contribution >= 0.6 is 11.3 Å². The van der Waals surface area contributed by atoms with E-state index in [2.05, 4.69) is 12.2 Å². The number of rotatable bonds is 2. The molecule has 0 bridgehead atoms. The largest absolute Gasteiger partial charge is 0.313 e. The molecule has 2 atom stereocenters. The molecule has 2 heterocycles. The average Bonchev–Trinajstić information content (AvgIpc) is 2.73. The first-order valence-electron chi connectivity index (χ1n) is 5.02. The molecule has 1 N–H and O–H groups in total. The molecule has 2 rings (SSSR count). The Balaban J connectivity index is 2.20. The van der Waals surface area contributed by atoms with Gasteiger partial charge in [0.2, 0.25) is 0 Å². The van der Waals surface area contributed by atoms with Gasteiger partial charge in [-0.1, -0.05) is 0 Å². The fourth-order valence-corrected chi connectivity index (χ4v) is 2.94. The van der Waals surface area contributed by atoms with E-state index >= 15 is 0 Å². The summed E-state index contributed by atoms with van der Waals surface area (Å²) in [4.78, 5) is 13.1. The number of aryl methyl sites for hydroxylation is 1. The number of carbonyl (C=O) groups excluding carboxylic acids is 1. The van der Waals surface area contributed by atoms with E-state index in [-0.39, 0.29) is 5.92 Å². The molecular weight excluding hydrogens is 194 g/mol. The van der Waals surface area contributed by atoms with Gasteiger partial charge in [0.05, 0.1) is 4.88 Å². The highest BCUT2D eigenvalue weighted by atomic mass is 32.1. The van der Waals surface area contributed by atoms with Crippen molar-refractivity contribution >= 4 is 17.1 Å². The van der Waals surface area contributed by atoms with Crippen LogP contribution in [0.5, 0.6) is 0 Å². The number of thiophene rings is 1. The van der Waals surface area contributed by atoms with Crippen LogP contribution in [0.1, 0.15) is 28.6 Å². The lowest BCUT2D eigenvalue weighted by molar-refractivity contribution is 0.0917. The maximum absolute atomic E-state index is 12.1. The van der Waals surface area contributed by atoms with Crippen molar-refractivity contribution in [2.75, 3.05) is 6.54 Å². The summed E-state index contributed by atoms with van der Waals surface area (Å²) in [7, 11) is 0. The van der Waals surface area contributed by atoms with Gasteiger partial charge in [0, 0.05) is 12.0 Å². The Morgan fingerprint density at radius 2 is 2.43 bits per heavy atom. The monoisotopic (exact) mass is 209 g/mol. The number of nitrogens with one attached hydrogen (secondary N) is 1. The first-order valence-corrected chi connectivity index (χ1v) is 5.90. The number of Topliss-reactive ketones (excluding diaryl/α,β-unsaturated/α-hetero) is 1. The van der Waals surface area contributed by atoms with Gasteiger partial charge in [0.15, 0.2) is 5.78 Å². The SMILES string of the molecule is Cc1ccsc1C(=O)C1CCNC1C. The van der Waals surface area contributed by atoms with Crippen molar-refractivity contribution in [3.05, 3.63) is 21.9 Å². The van der Waals surface area contributed by atoms with Gasteiger partial charge < -0.3 is 5.32 Å². The highest BCUT2D eigenvalue weighted by Crippen LogP contribution is 2.25. The van der Waals surface area contributed by atoms with Crippen molar-refractivity contribution in [1.82, 2.24) is 5.32 Å². The van der Waals surface area contributed by atoms with E-state index in [0.29, 0.717) is 11.8 Å². The molecule has 0 aliphatic carbocycles. The summed E-state index contributed by atoms with van der Waals surface area (Å²) in [5, 5.41) is 5.31. The quantitative estimate of drug-likeness (QED) is 0.757. The lowest BCUT2D eigenvalue weighted by Gasteiger charge is -2.12. The molecule has 2 nitrogen and oxygen atoms in total. The summed E-state index contributed by atoms with van der Waals surface area (Å²) in [6, 6.07) is 2.36. The van der Waals surface area contributed by atoms with Crippen LogP contribution in [0.15, 0.2) is 11.4 Å². The molecule has 1 saturated heterocycles. The minimum absolute atomic E-state index is 0.187. The van der Waals surface area contributed by atoms with E-state index in [0.717, 1.165) is 23.4 Å². The summed E-state index contributed by atoms with van der Waals surface area (Å²) >= 11 is 1.57. The third kappa shape index (κ3) is 1.62. The van der Waals surface area contributed by atoms with Crippen molar-refractivity contribution in [3.63, 3.8) is 0 Å². The fourth-order valence-electron chi connectivity index (χ4n) is 2.01. The van der Waals surface area contributed by atoms with Gasteiger partial charge >= 0.3 is 0 Å². The second-order valence-electron chi connectivity index (χ2n) is 3.93. The van der Waals surface area contributed by atoms with Gasteiger partial charge in [-0.3, -0.25) is 4.79 Å². The lowest BCUT2D eigenvalue weighted by atomic mass is 9.95. The maximum atomic E-state index is 12.1. The summed E-state index contributed by atoms with van der Waals surface area (Å²) in [5.74, 6) is 0.516. The Kier molecular flexibility index (Phi) is 2.70. The van der Waals surface area contributed by atoms with Gasteiger partial charge in [-0.15, -0.1) is 11.3 Å². The van der Waals surface area contributed by atoms with Gasteiger partial charge in [-0.05, 0) is 43.8 Å². The van der Waals surface area contributed by atoms with Crippen LogP contribution in [0.4, 0.5) is 0 Å². The number of ketones is 1. The molecule has 1 fully saturated rings. The molecule has 1 aliphatic rings. The van der Waals surface area contributed by atoms with Crippen LogP contribution < -0.4 is 5.32 Å². The Labute approximate surface area is 88.3 Å². The molecule has 1 aliphatic heterocycles. The number of hydrogen-bond donors (Lipinski definition) is 1. The van der Waals surface area contributed by atoms with Crippen molar-refractivity contribution in [2.24, 2.45) is 5.92 Å². The molecule has 0 spiro atoms. The normalized spacial score (nSPS) is 26.7. The Morgan fingerprint density at radius 3 is 2.93 bits per heavy atom. The van der Waals surface area contributed by atoms with E-state index in [4.69, 9.17) is 0 Å². The maximum Gasteiger partial charge on any atom is 0.177 e. The minimum atomic E-state index is 0.187. The van der Waals surface area contributed by atoms with Crippen LogP contribution in [0.3, 0.4) is 0 Å². The highest BCUT2D eigenvalue weighted by molar-refractivity contribution is 7.12. The predicted octanol–water partition coefficient (Wildman–Crippen LogP) is 2.24. The standard InChI is InChI=1S/C11H15NOS/c1-7-4-6-14-11(7)10(13)9-3-5-12-8(9)2/h4,6,8-9,12H,3,5H2,1-2H3. The third-order valence-corrected chi connectivity index (χ3v) is 3.98. The van der Waals surface area contributed by atoms with E-state index in [9.17, 15) is 4.79 Å². The van der Waals surface area contributed by atoms with Gasteiger partial charge in [0.1, 0.15) is 0 Å². The Bertz CT molecular complexity index is 345. The minimum Gasteiger partial charge on any atom is -0.313 e. The van der Waals surface area contributed by atoms with Gasteiger partial charge in [-0.25, -0.2) is 0 Å². The van der Waals surface area contributed by atoms with Gasteiger partial charge in [-0.2, -0.15) is 0 Å². The second kappa shape index (κ2) is 3.83. The number of carbonyl (C=O) groups is 1. The van der Waals surface area contributed by atoms with Crippen LogP contribution in [0.25, 0.3) is 0 Å². The zero-order valence-electron chi connectivity index (χ0n) is 8.54. The molecule has 0 amide bonds. The second-order valence-corrected chi connectivity index (χ2v) is 4.85. The van der Waals surface area contributed by atoms with Crippen molar-refractivity contribution in [2.45, 2.75) is 26.3 Å². The summed E-state index contributed by atoms with van der Waals surface area (Å²) in [5.41, 5.74) is 1.12. The molecule has 2 unspecified atom stereocenters. The first kappa shape index (κ1) is 9.87. The molecule has 1 aromatic heterocycles. The van der Waals surface area contributed by atoms with Crippen molar-refractivity contribution in [1.29, 1.82) is 0 Å². The van der Waals surface area contributed by atoms with Crippen molar-refractivity contribution in [3.8, 4) is 0 Å². The molecular formula is C11H15NOS. The van der Waals surface area contributed by atoms with Crippen LogP contribution in [0.2, 0.25) is 0 Å². The molecule has 76 valence electrons. The van der Waals surface area contributed by atoms with E-state index < -0.39 is 0 Å². The molecule has 0 saturated carbocycles. The van der Waals surface area contributed by atoms with Crippen LogP contribution in [-0.2, 0) is 0 Å². The van der Waals surface area contributed by atoms with E-state index in [1.165, 1.54) is 0 Å². The zero-order valence-corrected chi connectivity index (χ0v) is 9.36. The lowest BCUT2D eigenvalue weighted by Crippen LogP contribution is -2.28. The van der Waals surface area contributed by atoms with E-state index in [1.54, 1.807) is 11.3 Å². The molecule has 14 heavy (non-hydrogen) atoms. The van der Waals surface area contributed by atoms with Crippen molar-refractivity contribution < 1.29 is 4.79 Å². The smallest absolute Gasteiger partial charge is 0.177 e. The van der Waals surface area contributed by atoms with Gasteiger partial charge in [0.25, 0.3) is 0 Å². The first-order chi connectivity index (χ1) is 6.70. The fraction of sp³-hybridized carbons (Fsp3) is 0.545. The molecule has 0 radical (unpaired) electrons. The molecule has 1 aromatic rings. The number of hydrogen-bond acceptors (Lipinski definition) is 3. The summed E-state index contributed by atoms with van der Waals surface area (Å²) in [6.45, 7) is 5.08. The molecule has 3 heteroatoms. The van der Waals surface area contributed by atoms with Crippen LogP contribution in [0, 0.1) is 12.8 Å². The summed E-state index contributed by atoms with van der Waals surface area (Å²) in [6.07, 6.45) is 0.983. The Hall–Kier alpha value is -0.670. The highest BCUT2D eigenvalue weighted by Gasteiger charge is 2.31. The van der Waals surface area contributed by atoms with E-state index in [1.807, 2.05) is 18.4 Å². The third-order valence-electron chi connectivity index (χ3n) is 2.95. The average molecular weight is 209 g/mol. The Morgan fingerprint density at radius 1 is 1.64 bits per heavy atom. The molecule has 0 aromatic carbocycles. The van der Waals surface area contributed by atoms with Crippen LogP contribution in [-0.4, -0.2) is 18.4 Å².